The summed E-state index contributed by atoms with van der Waals surface area (Å²) in [4.78, 5) is 2.38. The molecule has 0 rings (SSSR count). The van der Waals surface area contributed by atoms with Crippen LogP contribution in [0.2, 0.25) is 0 Å². The summed E-state index contributed by atoms with van der Waals surface area (Å²) in [5, 5.41) is 0. The molecule has 0 atom stereocenters. The Morgan fingerprint density at radius 1 is 1.00 bits per heavy atom. The van der Waals surface area contributed by atoms with E-state index in [4.69, 9.17) is 0 Å². The van der Waals surface area contributed by atoms with Crippen LogP contribution >= 0.6 is 0 Å². The molecule has 2 nitrogen and oxygen atoms in total. The fraction of sp³-hybridized carbons (Fsp3) is 1.00. The Morgan fingerprint density at radius 2 is 1.22 bits per heavy atom. The molecule has 56 valence electrons. The van der Waals surface area contributed by atoms with Crippen LogP contribution in [0, 0.1) is 0 Å². The van der Waals surface area contributed by atoms with E-state index in [9.17, 15) is 0 Å². The van der Waals surface area contributed by atoms with Crippen LogP contribution in [0.3, 0.4) is 0 Å². The van der Waals surface area contributed by atoms with E-state index < -0.39 is 0 Å². The molecule has 0 aromatic heterocycles. The number of rotatable bonds is 3. The van der Waals surface area contributed by atoms with Crippen molar-refractivity contribution in [3.63, 3.8) is 0 Å². The summed E-state index contributed by atoms with van der Waals surface area (Å²) in [6.07, 6.45) is 0. The summed E-state index contributed by atoms with van der Waals surface area (Å²) in [6.45, 7) is 10.1. The third-order valence-corrected chi connectivity index (χ3v) is 1.34. The molecule has 0 radical (unpaired) electrons. The van der Waals surface area contributed by atoms with Crippen molar-refractivity contribution in [2.75, 3.05) is 19.6 Å². The van der Waals surface area contributed by atoms with Gasteiger partial charge in [0.1, 0.15) is 0 Å². The van der Waals surface area contributed by atoms with E-state index in [2.05, 4.69) is 25.7 Å². The Labute approximate surface area is 77.0 Å². The SMILES string of the molecule is CCN(CC)CC.O.[H-].[H-].[Mg+2]. The summed E-state index contributed by atoms with van der Waals surface area (Å²) in [5.41, 5.74) is 0. The molecule has 0 saturated heterocycles. The van der Waals surface area contributed by atoms with Crippen LogP contribution in [0.15, 0.2) is 0 Å². The normalized spacial score (nSPS) is 8.00. The number of hydrogen-bond acceptors (Lipinski definition) is 1. The van der Waals surface area contributed by atoms with Crippen LogP contribution in [0.5, 0.6) is 0 Å². The molecule has 2 N–H and O–H groups in total. The molecule has 0 fully saturated rings. The van der Waals surface area contributed by atoms with Gasteiger partial charge in [0.05, 0.1) is 0 Å². The standard InChI is InChI=1S/C6H15N.Mg.H2O.2H/c1-4-7(5-2)6-3;;;;/h4-6H2,1-3H3;;1H2;;/q;+2;;2*-1. The van der Waals surface area contributed by atoms with Crippen LogP contribution < -0.4 is 0 Å². The van der Waals surface area contributed by atoms with E-state index in [0.717, 1.165) is 0 Å². The Balaban J connectivity index is -0.0000000300. The maximum absolute atomic E-state index is 2.38. The largest absolute Gasteiger partial charge is 2.00 e. The van der Waals surface area contributed by atoms with Gasteiger partial charge < -0.3 is 13.2 Å². The minimum absolute atomic E-state index is 0. The maximum Gasteiger partial charge on any atom is 2.00 e. The molecule has 0 heterocycles. The Bertz CT molecular complexity index is 42.1. The topological polar surface area (TPSA) is 34.7 Å². The minimum atomic E-state index is 0. The average molecular weight is 146 g/mol. The Kier molecular flexibility index (Phi) is 20.9. The molecular weight excluding hydrogens is 126 g/mol. The molecule has 0 unspecified atom stereocenters. The summed E-state index contributed by atoms with van der Waals surface area (Å²) < 4.78 is 0. The van der Waals surface area contributed by atoms with Gasteiger partial charge in [-0.25, -0.2) is 0 Å². The molecule has 0 bridgehead atoms. The fourth-order valence-corrected chi connectivity index (χ4v) is 0.671. The van der Waals surface area contributed by atoms with E-state index in [-0.39, 0.29) is 31.4 Å². The van der Waals surface area contributed by atoms with Gasteiger partial charge in [0, 0.05) is 0 Å². The van der Waals surface area contributed by atoms with Gasteiger partial charge in [0.15, 0.2) is 0 Å². The van der Waals surface area contributed by atoms with Gasteiger partial charge in [-0.3, -0.25) is 0 Å². The summed E-state index contributed by atoms with van der Waals surface area (Å²) in [7, 11) is 0. The van der Waals surface area contributed by atoms with Crippen molar-refractivity contribution in [2.24, 2.45) is 0 Å². The molecule has 0 aliphatic carbocycles. The Morgan fingerprint density at radius 3 is 1.22 bits per heavy atom. The van der Waals surface area contributed by atoms with Crippen molar-refractivity contribution in [3.05, 3.63) is 0 Å². The van der Waals surface area contributed by atoms with Crippen LogP contribution in [0.1, 0.15) is 23.6 Å². The van der Waals surface area contributed by atoms with Gasteiger partial charge in [-0.2, -0.15) is 0 Å². The number of hydrogen-bond donors (Lipinski definition) is 0. The van der Waals surface area contributed by atoms with Crippen LogP contribution in [0.25, 0.3) is 0 Å². The van der Waals surface area contributed by atoms with Crippen LogP contribution in [-0.4, -0.2) is 53.1 Å². The first-order valence-corrected chi connectivity index (χ1v) is 3.07. The smallest absolute Gasteiger partial charge is 1.00 e. The molecule has 3 heteroatoms. The van der Waals surface area contributed by atoms with Gasteiger partial charge >= 0.3 is 23.1 Å². The Hall–Kier alpha value is 0.686. The second kappa shape index (κ2) is 11.5. The second-order valence-electron chi connectivity index (χ2n) is 1.62. The summed E-state index contributed by atoms with van der Waals surface area (Å²) in [5.74, 6) is 0. The van der Waals surface area contributed by atoms with Crippen LogP contribution in [-0.2, 0) is 0 Å². The molecule has 0 spiro atoms. The monoisotopic (exact) mass is 145 g/mol. The predicted octanol–water partition coefficient (Wildman–Crippen LogP) is 0.368. The van der Waals surface area contributed by atoms with Gasteiger partial charge in [0.25, 0.3) is 0 Å². The van der Waals surface area contributed by atoms with Gasteiger partial charge in [-0.05, 0) is 19.6 Å². The zero-order valence-electron chi connectivity index (χ0n) is 8.78. The van der Waals surface area contributed by atoms with Gasteiger partial charge in [0.2, 0.25) is 0 Å². The van der Waals surface area contributed by atoms with Crippen molar-refractivity contribution < 1.29 is 8.33 Å². The van der Waals surface area contributed by atoms with E-state index in [1.54, 1.807) is 0 Å². The molecule has 0 amide bonds. The average Bonchev–Trinajstić information content (AvgIpc) is 1.72. The minimum Gasteiger partial charge on any atom is -1.00 e. The van der Waals surface area contributed by atoms with Crippen molar-refractivity contribution in [1.29, 1.82) is 0 Å². The molecule has 0 aromatic carbocycles. The molecule has 9 heavy (non-hydrogen) atoms. The fourth-order valence-electron chi connectivity index (χ4n) is 0.671. The maximum atomic E-state index is 2.38. The third-order valence-electron chi connectivity index (χ3n) is 1.34. The third kappa shape index (κ3) is 8.69. The zero-order valence-corrected chi connectivity index (χ0v) is 8.19. The zero-order chi connectivity index (χ0) is 5.70. The van der Waals surface area contributed by atoms with Crippen molar-refractivity contribution in [1.82, 2.24) is 4.90 Å². The molecule has 0 aromatic rings. The van der Waals surface area contributed by atoms with Crippen molar-refractivity contribution in [2.45, 2.75) is 20.8 Å². The first kappa shape index (κ1) is 16.3. The number of nitrogens with zero attached hydrogens (tertiary/aromatic N) is 1. The second-order valence-corrected chi connectivity index (χ2v) is 1.62. The van der Waals surface area contributed by atoms with Crippen molar-refractivity contribution in [3.8, 4) is 0 Å². The van der Waals surface area contributed by atoms with Crippen molar-refractivity contribution >= 4 is 23.1 Å². The predicted molar refractivity (Wildman–Crippen MR) is 45.1 cm³/mol. The molecule has 0 saturated carbocycles. The van der Waals surface area contributed by atoms with E-state index in [1.807, 2.05) is 0 Å². The summed E-state index contributed by atoms with van der Waals surface area (Å²) >= 11 is 0. The van der Waals surface area contributed by atoms with E-state index in [0.29, 0.717) is 0 Å². The molecule has 0 aliphatic heterocycles. The first-order valence-electron chi connectivity index (χ1n) is 3.07. The van der Waals surface area contributed by atoms with E-state index in [1.165, 1.54) is 19.6 Å². The summed E-state index contributed by atoms with van der Waals surface area (Å²) in [6, 6.07) is 0. The molecular formula is C6H19MgNO. The van der Waals surface area contributed by atoms with Crippen LogP contribution in [0.4, 0.5) is 0 Å². The first-order chi connectivity index (χ1) is 3.35. The van der Waals surface area contributed by atoms with Gasteiger partial charge in [-0.1, -0.05) is 20.8 Å². The molecule has 0 aliphatic rings. The van der Waals surface area contributed by atoms with E-state index >= 15 is 0 Å². The van der Waals surface area contributed by atoms with Gasteiger partial charge in [-0.15, -0.1) is 0 Å². The quantitative estimate of drug-likeness (QED) is 0.529.